The molecule has 0 unspecified atom stereocenters. The summed E-state index contributed by atoms with van der Waals surface area (Å²) >= 11 is 1.41. The number of nitrogens with zero attached hydrogens (tertiary/aromatic N) is 3. The lowest BCUT2D eigenvalue weighted by Crippen LogP contribution is -2.30. The molecule has 0 saturated carbocycles. The van der Waals surface area contributed by atoms with Gasteiger partial charge in [0.25, 0.3) is 5.56 Å². The normalized spacial score (nSPS) is 11.0. The topological polar surface area (TPSA) is 76.9 Å². The number of pyridine rings is 1. The number of fused-ring (bicyclic) bond motifs is 1. The van der Waals surface area contributed by atoms with Gasteiger partial charge in [0.15, 0.2) is 0 Å². The summed E-state index contributed by atoms with van der Waals surface area (Å²) in [6.45, 7) is 3.42. The first kappa shape index (κ1) is 18.9. The lowest BCUT2D eigenvalue weighted by atomic mass is 10.0. The fourth-order valence-electron chi connectivity index (χ4n) is 3.21. The van der Waals surface area contributed by atoms with Crippen LogP contribution in [0.25, 0.3) is 21.3 Å². The fraction of sp³-hybridized carbons (Fsp3) is 0.143. The first-order chi connectivity index (χ1) is 13.9. The van der Waals surface area contributed by atoms with Gasteiger partial charge in [-0.05, 0) is 43.7 Å². The summed E-state index contributed by atoms with van der Waals surface area (Å²) in [7, 11) is 0. The lowest BCUT2D eigenvalue weighted by molar-refractivity contribution is -0.116. The SMILES string of the molecule is Cc1sc2nc(C)n(CC(=O)Nc3ccccn3)c(=O)c2c1-c1ccc(F)cc1. The Balaban J connectivity index is 1.77. The fourth-order valence-corrected chi connectivity index (χ4v) is 4.29. The van der Waals surface area contributed by atoms with Crippen LogP contribution in [0.1, 0.15) is 10.7 Å². The van der Waals surface area contributed by atoms with Gasteiger partial charge in [0, 0.05) is 16.6 Å². The van der Waals surface area contributed by atoms with Crippen molar-refractivity contribution in [3.63, 3.8) is 0 Å². The molecule has 8 heteroatoms. The van der Waals surface area contributed by atoms with Gasteiger partial charge in [0.1, 0.15) is 28.8 Å². The second kappa shape index (κ2) is 7.56. The third kappa shape index (κ3) is 3.66. The average Bonchev–Trinajstić information content (AvgIpc) is 3.02. The Morgan fingerprint density at radius 2 is 1.93 bits per heavy atom. The van der Waals surface area contributed by atoms with E-state index >= 15 is 0 Å². The number of anilines is 1. The predicted octanol–water partition coefficient (Wildman–Crippen LogP) is 3.91. The van der Waals surface area contributed by atoms with Crippen LogP contribution < -0.4 is 10.9 Å². The molecule has 0 bridgehead atoms. The Morgan fingerprint density at radius 3 is 2.62 bits per heavy atom. The molecule has 6 nitrogen and oxygen atoms in total. The smallest absolute Gasteiger partial charge is 0.263 e. The van der Waals surface area contributed by atoms with Crippen molar-refractivity contribution in [1.29, 1.82) is 0 Å². The molecule has 146 valence electrons. The zero-order chi connectivity index (χ0) is 20.5. The van der Waals surface area contributed by atoms with E-state index in [1.165, 1.54) is 28.0 Å². The maximum Gasteiger partial charge on any atom is 0.263 e. The molecule has 4 rings (SSSR count). The van der Waals surface area contributed by atoms with Crippen molar-refractivity contribution in [2.24, 2.45) is 0 Å². The standard InChI is InChI=1S/C21H17FN4O2S/c1-12-18(14-6-8-15(22)9-7-14)19-20(29-12)24-13(2)26(21(19)28)11-17(27)25-16-5-3-4-10-23-16/h3-10H,11H2,1-2H3,(H,23,25,27). The van der Waals surface area contributed by atoms with Crippen molar-refractivity contribution in [3.8, 4) is 11.1 Å². The lowest BCUT2D eigenvalue weighted by Gasteiger charge is -2.10. The molecule has 0 aliphatic carbocycles. The number of rotatable bonds is 4. The molecule has 0 radical (unpaired) electrons. The highest BCUT2D eigenvalue weighted by molar-refractivity contribution is 7.19. The van der Waals surface area contributed by atoms with Crippen molar-refractivity contribution in [3.05, 3.63) is 75.5 Å². The van der Waals surface area contributed by atoms with Crippen LogP contribution in [0, 0.1) is 19.7 Å². The van der Waals surface area contributed by atoms with Crippen LogP contribution in [0.3, 0.4) is 0 Å². The van der Waals surface area contributed by atoms with Crippen molar-refractivity contribution >= 4 is 33.3 Å². The van der Waals surface area contributed by atoms with E-state index in [1.807, 2.05) is 6.92 Å². The van der Waals surface area contributed by atoms with E-state index in [2.05, 4.69) is 15.3 Å². The first-order valence-corrected chi connectivity index (χ1v) is 9.73. The van der Waals surface area contributed by atoms with Gasteiger partial charge in [-0.1, -0.05) is 18.2 Å². The van der Waals surface area contributed by atoms with E-state index in [9.17, 15) is 14.0 Å². The average molecular weight is 408 g/mol. The molecule has 1 N–H and O–H groups in total. The van der Waals surface area contributed by atoms with Gasteiger partial charge in [-0.2, -0.15) is 0 Å². The molecule has 3 aromatic heterocycles. The van der Waals surface area contributed by atoms with E-state index in [-0.39, 0.29) is 23.8 Å². The van der Waals surface area contributed by atoms with Crippen LogP contribution in [0.5, 0.6) is 0 Å². The highest BCUT2D eigenvalue weighted by Crippen LogP contribution is 2.35. The van der Waals surface area contributed by atoms with Crippen LogP contribution in [0.2, 0.25) is 0 Å². The maximum absolute atomic E-state index is 13.3. The van der Waals surface area contributed by atoms with E-state index in [1.54, 1.807) is 43.5 Å². The van der Waals surface area contributed by atoms with E-state index in [0.29, 0.717) is 21.9 Å². The van der Waals surface area contributed by atoms with Gasteiger partial charge in [-0.15, -0.1) is 11.3 Å². The highest BCUT2D eigenvalue weighted by atomic mass is 32.1. The number of halogens is 1. The van der Waals surface area contributed by atoms with Crippen LogP contribution in [0.4, 0.5) is 10.2 Å². The summed E-state index contributed by atoms with van der Waals surface area (Å²) in [6.07, 6.45) is 1.57. The third-order valence-corrected chi connectivity index (χ3v) is 5.54. The number of aryl methyl sites for hydroxylation is 2. The molecule has 1 aromatic carbocycles. The van der Waals surface area contributed by atoms with Crippen LogP contribution in [-0.4, -0.2) is 20.4 Å². The van der Waals surface area contributed by atoms with Gasteiger partial charge in [0.05, 0.1) is 5.39 Å². The number of carbonyl (C=O) groups excluding carboxylic acids is 1. The van der Waals surface area contributed by atoms with Gasteiger partial charge >= 0.3 is 0 Å². The van der Waals surface area contributed by atoms with E-state index < -0.39 is 0 Å². The molecule has 0 aliphatic rings. The second-order valence-corrected chi connectivity index (χ2v) is 7.74. The summed E-state index contributed by atoms with van der Waals surface area (Å²) in [6, 6.07) is 11.2. The third-order valence-electron chi connectivity index (χ3n) is 4.55. The number of nitrogens with one attached hydrogen (secondary N) is 1. The number of hydrogen-bond donors (Lipinski definition) is 1. The Bertz CT molecular complexity index is 1260. The number of carbonyl (C=O) groups is 1. The number of hydrogen-bond acceptors (Lipinski definition) is 5. The highest BCUT2D eigenvalue weighted by Gasteiger charge is 2.19. The largest absolute Gasteiger partial charge is 0.309 e. The van der Waals surface area contributed by atoms with E-state index in [0.717, 1.165) is 16.0 Å². The monoisotopic (exact) mass is 408 g/mol. The molecule has 3 heterocycles. The minimum Gasteiger partial charge on any atom is -0.309 e. The Morgan fingerprint density at radius 1 is 1.17 bits per heavy atom. The number of aromatic nitrogens is 3. The summed E-state index contributed by atoms with van der Waals surface area (Å²) in [4.78, 5) is 35.8. The van der Waals surface area contributed by atoms with Gasteiger partial charge in [-0.25, -0.2) is 14.4 Å². The minimum atomic E-state index is -0.370. The van der Waals surface area contributed by atoms with Crippen molar-refractivity contribution in [1.82, 2.24) is 14.5 Å². The molecular formula is C21H17FN4O2S. The predicted molar refractivity (Wildman–Crippen MR) is 112 cm³/mol. The van der Waals surface area contributed by atoms with Gasteiger partial charge in [-0.3, -0.25) is 14.2 Å². The summed E-state index contributed by atoms with van der Waals surface area (Å²) < 4.78 is 14.7. The molecule has 0 saturated heterocycles. The molecule has 0 aliphatic heterocycles. The van der Waals surface area contributed by atoms with Crippen LogP contribution in [-0.2, 0) is 11.3 Å². The number of amides is 1. The maximum atomic E-state index is 13.3. The Labute approximate surface area is 169 Å². The molecule has 4 aromatic rings. The Kier molecular flexibility index (Phi) is 4.94. The summed E-state index contributed by atoms with van der Waals surface area (Å²) in [5.74, 6) is 0.148. The van der Waals surface area contributed by atoms with Crippen LogP contribution >= 0.6 is 11.3 Å². The second-order valence-electron chi connectivity index (χ2n) is 6.53. The quantitative estimate of drug-likeness (QED) is 0.555. The van der Waals surface area contributed by atoms with Crippen molar-refractivity contribution in [2.45, 2.75) is 20.4 Å². The minimum absolute atomic E-state index is 0.179. The molecule has 0 fully saturated rings. The van der Waals surface area contributed by atoms with Gasteiger partial charge < -0.3 is 5.32 Å². The van der Waals surface area contributed by atoms with Crippen molar-refractivity contribution in [2.75, 3.05) is 5.32 Å². The molecule has 0 atom stereocenters. The first-order valence-electron chi connectivity index (χ1n) is 8.91. The van der Waals surface area contributed by atoms with E-state index in [4.69, 9.17) is 0 Å². The van der Waals surface area contributed by atoms with Gasteiger partial charge in [0.2, 0.25) is 5.91 Å². The summed E-state index contributed by atoms with van der Waals surface area (Å²) in [5.41, 5.74) is 1.16. The molecule has 1 amide bonds. The van der Waals surface area contributed by atoms with Crippen LogP contribution in [0.15, 0.2) is 53.5 Å². The Hall–Kier alpha value is -3.39. The number of benzene rings is 1. The zero-order valence-electron chi connectivity index (χ0n) is 15.8. The zero-order valence-corrected chi connectivity index (χ0v) is 16.6. The molecule has 29 heavy (non-hydrogen) atoms. The number of thiophene rings is 1. The molecular weight excluding hydrogens is 391 g/mol. The van der Waals surface area contributed by atoms with Crippen molar-refractivity contribution < 1.29 is 9.18 Å². The molecule has 0 spiro atoms. The summed E-state index contributed by atoms with van der Waals surface area (Å²) in [5, 5.41) is 3.11.